The van der Waals surface area contributed by atoms with Crippen molar-refractivity contribution >= 4 is 0 Å². The highest BCUT2D eigenvalue weighted by Gasteiger charge is 2.17. The van der Waals surface area contributed by atoms with Gasteiger partial charge < -0.3 is 14.4 Å². The molecule has 3 heteroatoms. The van der Waals surface area contributed by atoms with E-state index in [1.54, 1.807) is 0 Å². The Balaban J connectivity index is 1.71. The first-order chi connectivity index (χ1) is 11.2. The van der Waals surface area contributed by atoms with Gasteiger partial charge in [0, 0.05) is 19.2 Å². The van der Waals surface area contributed by atoms with Gasteiger partial charge in [-0.05, 0) is 63.8 Å². The van der Waals surface area contributed by atoms with Crippen LogP contribution >= 0.6 is 0 Å². The molecule has 23 heavy (non-hydrogen) atoms. The van der Waals surface area contributed by atoms with Crippen LogP contribution in [0.2, 0.25) is 0 Å². The molecule has 1 saturated heterocycles. The summed E-state index contributed by atoms with van der Waals surface area (Å²) >= 11 is 0. The Kier molecular flexibility index (Phi) is 7.90. The largest absolute Gasteiger partial charge is 0.494 e. The lowest BCUT2D eigenvalue weighted by atomic mass is 10.0. The van der Waals surface area contributed by atoms with E-state index in [1.807, 2.05) is 6.92 Å². The second kappa shape index (κ2) is 9.94. The van der Waals surface area contributed by atoms with Gasteiger partial charge in [-0.2, -0.15) is 0 Å². The molecule has 1 fully saturated rings. The Morgan fingerprint density at radius 1 is 1.17 bits per heavy atom. The number of ether oxygens (including phenoxy) is 2. The van der Waals surface area contributed by atoms with Crippen LogP contribution in [0.15, 0.2) is 24.3 Å². The molecule has 0 saturated carbocycles. The van der Waals surface area contributed by atoms with Crippen molar-refractivity contribution in [3.8, 4) is 5.75 Å². The monoisotopic (exact) mass is 319 g/mol. The quantitative estimate of drug-likeness (QED) is 0.609. The number of benzene rings is 1. The first-order valence-corrected chi connectivity index (χ1v) is 9.33. The highest BCUT2D eigenvalue weighted by atomic mass is 16.5. The van der Waals surface area contributed by atoms with Gasteiger partial charge in [0.15, 0.2) is 0 Å². The molecule has 130 valence electrons. The summed E-state index contributed by atoms with van der Waals surface area (Å²) in [6, 6.07) is 9.14. The molecule has 1 aromatic rings. The van der Waals surface area contributed by atoms with Gasteiger partial charge in [-0.3, -0.25) is 0 Å². The number of likely N-dealkylation sites (tertiary alicyclic amines) is 1. The molecular formula is C20H33NO2. The minimum atomic E-state index is 0.203. The maximum absolute atomic E-state index is 5.89. The normalized spacial score (nSPS) is 20.4. The first kappa shape index (κ1) is 18.3. The van der Waals surface area contributed by atoms with Crippen molar-refractivity contribution in [2.24, 2.45) is 0 Å². The molecular weight excluding hydrogens is 286 g/mol. The van der Waals surface area contributed by atoms with E-state index in [9.17, 15) is 0 Å². The fourth-order valence-electron chi connectivity index (χ4n) is 3.38. The summed E-state index contributed by atoms with van der Waals surface area (Å²) in [6.07, 6.45) is 6.40. The molecule has 1 aromatic carbocycles. The number of piperidine rings is 1. The van der Waals surface area contributed by atoms with E-state index in [2.05, 4.69) is 43.0 Å². The van der Waals surface area contributed by atoms with Gasteiger partial charge in [0.05, 0.1) is 12.7 Å². The molecule has 1 heterocycles. The molecule has 2 unspecified atom stereocenters. The Morgan fingerprint density at radius 3 is 2.61 bits per heavy atom. The third kappa shape index (κ3) is 5.82. The summed E-state index contributed by atoms with van der Waals surface area (Å²) in [5.74, 6) is 0.965. The third-order valence-corrected chi connectivity index (χ3v) is 4.79. The highest BCUT2D eigenvalue weighted by Crippen LogP contribution is 2.23. The smallest absolute Gasteiger partial charge is 0.119 e. The average Bonchev–Trinajstić information content (AvgIpc) is 2.59. The fourth-order valence-corrected chi connectivity index (χ4v) is 3.38. The summed E-state index contributed by atoms with van der Waals surface area (Å²) in [6.45, 7) is 10.5. The second-order valence-electron chi connectivity index (χ2n) is 6.50. The van der Waals surface area contributed by atoms with Crippen LogP contribution in [0.25, 0.3) is 0 Å². The Hall–Kier alpha value is -1.06. The Labute approximate surface area is 142 Å². The van der Waals surface area contributed by atoms with Gasteiger partial charge in [0.25, 0.3) is 0 Å². The van der Waals surface area contributed by atoms with Crippen LogP contribution < -0.4 is 4.74 Å². The van der Waals surface area contributed by atoms with Gasteiger partial charge in [-0.1, -0.05) is 25.5 Å². The molecule has 0 bridgehead atoms. The maximum atomic E-state index is 5.89. The Morgan fingerprint density at radius 2 is 1.96 bits per heavy atom. The maximum Gasteiger partial charge on any atom is 0.119 e. The molecule has 0 aliphatic carbocycles. The van der Waals surface area contributed by atoms with Crippen molar-refractivity contribution < 1.29 is 9.47 Å². The van der Waals surface area contributed by atoms with Gasteiger partial charge in [-0.15, -0.1) is 0 Å². The number of hydrogen-bond acceptors (Lipinski definition) is 3. The topological polar surface area (TPSA) is 21.7 Å². The van der Waals surface area contributed by atoms with Crippen LogP contribution in [0.3, 0.4) is 0 Å². The van der Waals surface area contributed by atoms with Crippen LogP contribution in [0.4, 0.5) is 0 Å². The van der Waals surface area contributed by atoms with Crippen molar-refractivity contribution in [2.45, 2.75) is 65.0 Å². The molecule has 0 aromatic heterocycles. The van der Waals surface area contributed by atoms with Gasteiger partial charge in [0.2, 0.25) is 0 Å². The average molecular weight is 319 g/mol. The van der Waals surface area contributed by atoms with Crippen LogP contribution in [0.5, 0.6) is 5.75 Å². The van der Waals surface area contributed by atoms with E-state index in [0.29, 0.717) is 0 Å². The molecule has 3 nitrogen and oxygen atoms in total. The minimum Gasteiger partial charge on any atom is -0.494 e. The van der Waals surface area contributed by atoms with Gasteiger partial charge in [0.1, 0.15) is 5.75 Å². The third-order valence-electron chi connectivity index (χ3n) is 4.79. The van der Waals surface area contributed by atoms with E-state index in [4.69, 9.17) is 9.47 Å². The molecule has 0 amide bonds. The number of rotatable bonds is 9. The lowest BCUT2D eigenvalue weighted by molar-refractivity contribution is 0.0598. The van der Waals surface area contributed by atoms with Crippen LogP contribution in [-0.2, 0) is 4.74 Å². The van der Waals surface area contributed by atoms with Gasteiger partial charge in [-0.25, -0.2) is 0 Å². The van der Waals surface area contributed by atoms with E-state index in [-0.39, 0.29) is 6.10 Å². The van der Waals surface area contributed by atoms with Crippen LogP contribution in [-0.4, -0.2) is 37.2 Å². The summed E-state index contributed by atoms with van der Waals surface area (Å²) in [7, 11) is 0. The predicted molar refractivity (Wildman–Crippen MR) is 96.1 cm³/mol. The zero-order chi connectivity index (χ0) is 16.5. The molecule has 1 aliphatic rings. The molecule has 0 radical (unpaired) electrons. The van der Waals surface area contributed by atoms with Crippen molar-refractivity contribution in [3.63, 3.8) is 0 Å². The van der Waals surface area contributed by atoms with Crippen LogP contribution in [0.1, 0.15) is 64.5 Å². The summed E-state index contributed by atoms with van der Waals surface area (Å²) in [5, 5.41) is 0. The van der Waals surface area contributed by atoms with Crippen molar-refractivity contribution in [2.75, 3.05) is 26.3 Å². The number of nitrogens with zero attached hydrogens (tertiary/aromatic N) is 1. The molecule has 2 atom stereocenters. The Bertz CT molecular complexity index is 432. The molecule has 0 N–H and O–H groups in total. The molecule has 2 rings (SSSR count). The summed E-state index contributed by atoms with van der Waals surface area (Å²) in [5.41, 5.74) is 1.24. The van der Waals surface area contributed by atoms with E-state index in [1.165, 1.54) is 31.4 Å². The lowest BCUT2D eigenvalue weighted by Crippen LogP contribution is -2.38. The number of hydrogen-bond donors (Lipinski definition) is 0. The predicted octanol–water partition coefficient (Wildman–Crippen LogP) is 4.82. The summed E-state index contributed by atoms with van der Waals surface area (Å²) < 4.78 is 11.6. The van der Waals surface area contributed by atoms with Crippen molar-refractivity contribution in [3.05, 3.63) is 29.8 Å². The van der Waals surface area contributed by atoms with E-state index < -0.39 is 0 Å². The first-order valence-electron chi connectivity index (χ1n) is 9.33. The zero-order valence-electron chi connectivity index (χ0n) is 15.1. The fraction of sp³-hybridized carbons (Fsp3) is 0.700. The van der Waals surface area contributed by atoms with E-state index >= 15 is 0 Å². The molecule has 1 aliphatic heterocycles. The highest BCUT2D eigenvalue weighted by molar-refractivity contribution is 5.28. The minimum absolute atomic E-state index is 0.203. The zero-order valence-corrected chi connectivity index (χ0v) is 15.1. The van der Waals surface area contributed by atoms with Crippen molar-refractivity contribution in [1.82, 2.24) is 4.90 Å². The second-order valence-corrected chi connectivity index (χ2v) is 6.50. The van der Waals surface area contributed by atoms with Crippen molar-refractivity contribution in [1.29, 1.82) is 0 Å². The molecule has 0 spiro atoms. The summed E-state index contributed by atoms with van der Waals surface area (Å²) in [4.78, 5) is 2.60. The lowest BCUT2D eigenvalue weighted by Gasteiger charge is -2.33. The van der Waals surface area contributed by atoms with E-state index in [0.717, 1.165) is 44.4 Å². The van der Waals surface area contributed by atoms with Gasteiger partial charge >= 0.3 is 0 Å². The standard InChI is InChI=1S/C20H33NO2/c1-4-20(22-5-2)18-10-12-19(13-11-18)23-16-8-15-21-14-7-6-9-17(21)3/h10-13,17,20H,4-9,14-16H2,1-3H3. The SMILES string of the molecule is CCOC(CC)c1ccc(OCCCN2CCCCC2C)cc1. The van der Waals surface area contributed by atoms with Crippen LogP contribution in [0, 0.1) is 0 Å².